The van der Waals surface area contributed by atoms with Crippen LogP contribution in [0.1, 0.15) is 11.3 Å². The molecule has 4 nitrogen and oxygen atoms in total. The number of hydrogen-bond donors (Lipinski definition) is 0. The highest BCUT2D eigenvalue weighted by Crippen LogP contribution is 2.30. The number of ether oxygens (including phenoxy) is 1. The van der Waals surface area contributed by atoms with E-state index >= 15 is 0 Å². The van der Waals surface area contributed by atoms with Crippen molar-refractivity contribution in [1.82, 2.24) is 9.38 Å². The molecule has 0 N–H and O–H groups in total. The van der Waals surface area contributed by atoms with E-state index in [4.69, 9.17) is 9.72 Å². The number of thiazole rings is 1. The molecule has 3 heterocycles. The van der Waals surface area contributed by atoms with E-state index in [1.165, 1.54) is 11.3 Å². The lowest BCUT2D eigenvalue weighted by Gasteiger charge is -2.20. The second kappa shape index (κ2) is 5.35. The van der Waals surface area contributed by atoms with Gasteiger partial charge >= 0.3 is 0 Å². The van der Waals surface area contributed by atoms with Gasteiger partial charge in [0.15, 0.2) is 10.8 Å². The molecule has 0 atom stereocenters. The van der Waals surface area contributed by atoms with E-state index in [2.05, 4.69) is 48.9 Å². The maximum Gasteiger partial charge on any atom is 0.195 e. The van der Waals surface area contributed by atoms with Crippen molar-refractivity contribution in [3.8, 4) is 5.75 Å². The number of hydrogen-bond acceptors (Lipinski definition) is 4. The molecule has 1 aliphatic heterocycles. The minimum absolute atomic E-state index is 0.684. The summed E-state index contributed by atoms with van der Waals surface area (Å²) in [6.07, 6.45) is 2.08. The van der Waals surface area contributed by atoms with Crippen LogP contribution in [0.2, 0.25) is 0 Å². The van der Waals surface area contributed by atoms with Crippen molar-refractivity contribution in [3.05, 3.63) is 47.1 Å². The molecule has 1 aromatic carbocycles. The summed E-state index contributed by atoms with van der Waals surface area (Å²) in [7, 11) is 0. The molecular formula is C15H14BrN3OS. The first-order valence-corrected chi connectivity index (χ1v) is 8.83. The van der Waals surface area contributed by atoms with Gasteiger partial charge in [0.1, 0.15) is 12.4 Å². The summed E-state index contributed by atoms with van der Waals surface area (Å²) in [5, 5.41) is 2.86. The molecule has 0 amide bonds. The summed E-state index contributed by atoms with van der Waals surface area (Å²) in [5.41, 5.74) is 2.41. The predicted molar refractivity (Wildman–Crippen MR) is 88.7 cm³/mol. The Bertz CT molecular complexity index is 782. The topological polar surface area (TPSA) is 29.8 Å². The summed E-state index contributed by atoms with van der Waals surface area (Å²) >= 11 is 5.26. The number of aromatic nitrogens is 2. The lowest BCUT2D eigenvalue weighted by molar-refractivity contribution is 0.331. The van der Waals surface area contributed by atoms with E-state index in [1.807, 2.05) is 12.1 Å². The van der Waals surface area contributed by atoms with Crippen molar-refractivity contribution < 1.29 is 4.74 Å². The summed E-state index contributed by atoms with van der Waals surface area (Å²) in [5.74, 6) is 2.04. The van der Waals surface area contributed by atoms with Gasteiger partial charge in [-0.25, -0.2) is 4.98 Å². The van der Waals surface area contributed by atoms with Crippen LogP contribution in [-0.4, -0.2) is 22.5 Å². The lowest BCUT2D eigenvalue weighted by Crippen LogP contribution is -2.26. The van der Waals surface area contributed by atoms with Crippen LogP contribution in [0, 0.1) is 0 Å². The molecule has 21 heavy (non-hydrogen) atoms. The molecule has 0 fully saturated rings. The van der Waals surface area contributed by atoms with Crippen LogP contribution < -0.4 is 9.64 Å². The van der Waals surface area contributed by atoms with Gasteiger partial charge in [-0.15, -0.1) is 11.3 Å². The highest BCUT2D eigenvalue weighted by Gasteiger charge is 2.21. The van der Waals surface area contributed by atoms with E-state index < -0.39 is 0 Å². The number of para-hydroxylation sites is 1. The van der Waals surface area contributed by atoms with E-state index in [0.29, 0.717) is 6.61 Å². The van der Waals surface area contributed by atoms with Crippen molar-refractivity contribution in [1.29, 1.82) is 0 Å². The Morgan fingerprint density at radius 2 is 2.24 bits per heavy atom. The van der Waals surface area contributed by atoms with Gasteiger partial charge < -0.3 is 9.64 Å². The third kappa shape index (κ3) is 2.22. The largest absolute Gasteiger partial charge is 0.491 e. The van der Waals surface area contributed by atoms with Crippen molar-refractivity contribution >= 4 is 38.0 Å². The predicted octanol–water partition coefficient (Wildman–Crippen LogP) is 3.69. The molecule has 0 unspecified atom stereocenters. The summed E-state index contributed by atoms with van der Waals surface area (Å²) in [4.78, 5) is 8.15. The Morgan fingerprint density at radius 3 is 3.14 bits per heavy atom. The van der Waals surface area contributed by atoms with Gasteiger partial charge in [0.05, 0.1) is 12.2 Å². The van der Waals surface area contributed by atoms with Gasteiger partial charge in [0.25, 0.3) is 0 Å². The molecule has 1 aliphatic rings. The third-order valence-electron chi connectivity index (χ3n) is 3.72. The zero-order valence-corrected chi connectivity index (χ0v) is 13.7. The van der Waals surface area contributed by atoms with Gasteiger partial charge in [-0.3, -0.25) is 4.40 Å². The molecule has 6 heteroatoms. The second-order valence-corrected chi connectivity index (χ2v) is 6.38. The fourth-order valence-electron chi connectivity index (χ4n) is 2.71. The molecule has 0 saturated carbocycles. The summed E-state index contributed by atoms with van der Waals surface area (Å²) in [6.45, 7) is 2.37. The quantitative estimate of drug-likeness (QED) is 0.650. The number of anilines is 1. The molecule has 2 aromatic heterocycles. The molecule has 108 valence electrons. The van der Waals surface area contributed by atoms with Gasteiger partial charge in [0, 0.05) is 29.0 Å². The smallest absolute Gasteiger partial charge is 0.195 e. The first-order valence-electron chi connectivity index (χ1n) is 6.83. The number of imidazole rings is 1. The van der Waals surface area contributed by atoms with Crippen LogP contribution in [0.5, 0.6) is 5.75 Å². The van der Waals surface area contributed by atoms with Gasteiger partial charge in [-0.05, 0) is 6.07 Å². The van der Waals surface area contributed by atoms with Crippen LogP contribution in [0.15, 0.2) is 35.8 Å². The monoisotopic (exact) mass is 363 g/mol. The number of alkyl halides is 1. The number of nitrogens with zero attached hydrogens (tertiary/aromatic N) is 3. The fraction of sp³-hybridized carbons (Fsp3) is 0.267. The Balaban J connectivity index is 1.76. The van der Waals surface area contributed by atoms with Gasteiger partial charge in [0.2, 0.25) is 0 Å². The lowest BCUT2D eigenvalue weighted by atomic mass is 10.2. The van der Waals surface area contributed by atoms with E-state index in [9.17, 15) is 0 Å². The van der Waals surface area contributed by atoms with E-state index in [-0.39, 0.29) is 0 Å². The fourth-order valence-corrected chi connectivity index (χ4v) is 3.95. The van der Waals surface area contributed by atoms with Gasteiger partial charge in [-0.1, -0.05) is 34.1 Å². The molecule has 0 radical (unpaired) electrons. The number of fused-ring (bicyclic) bond motifs is 2. The van der Waals surface area contributed by atoms with Crippen LogP contribution in [0.3, 0.4) is 0 Å². The third-order valence-corrected chi connectivity index (χ3v) is 5.01. The Kier molecular flexibility index (Phi) is 3.35. The minimum Gasteiger partial charge on any atom is -0.491 e. The normalized spacial score (nSPS) is 14.8. The highest BCUT2D eigenvalue weighted by molar-refractivity contribution is 9.08. The van der Waals surface area contributed by atoms with Crippen LogP contribution in [-0.2, 0) is 11.9 Å². The van der Waals surface area contributed by atoms with Crippen LogP contribution in [0.4, 0.5) is 5.82 Å². The average Bonchev–Trinajstić information content (AvgIpc) is 3.01. The highest BCUT2D eigenvalue weighted by atomic mass is 79.9. The zero-order chi connectivity index (χ0) is 14.2. The molecule has 0 bridgehead atoms. The van der Waals surface area contributed by atoms with Crippen molar-refractivity contribution in [3.63, 3.8) is 0 Å². The summed E-state index contributed by atoms with van der Waals surface area (Å²) < 4.78 is 8.00. The second-order valence-electron chi connectivity index (χ2n) is 4.95. The summed E-state index contributed by atoms with van der Waals surface area (Å²) in [6, 6.07) is 8.24. The first-order chi connectivity index (χ1) is 10.4. The maximum atomic E-state index is 5.84. The molecule has 4 rings (SSSR count). The van der Waals surface area contributed by atoms with Crippen molar-refractivity contribution in [2.75, 3.05) is 18.1 Å². The van der Waals surface area contributed by atoms with Gasteiger partial charge in [-0.2, -0.15) is 0 Å². The van der Waals surface area contributed by atoms with E-state index in [0.717, 1.165) is 34.9 Å². The van der Waals surface area contributed by atoms with Crippen LogP contribution >= 0.6 is 27.3 Å². The molecule has 0 spiro atoms. The maximum absolute atomic E-state index is 5.84. The minimum atomic E-state index is 0.684. The Hall–Kier alpha value is -1.53. The van der Waals surface area contributed by atoms with Crippen molar-refractivity contribution in [2.24, 2.45) is 0 Å². The number of benzene rings is 1. The SMILES string of the molecule is BrCc1c(N2CCOc3ccccc3C2)nc2sccn12. The molecule has 0 saturated heterocycles. The molecular weight excluding hydrogens is 350 g/mol. The van der Waals surface area contributed by atoms with Crippen molar-refractivity contribution in [2.45, 2.75) is 11.9 Å². The Labute approximate surface area is 135 Å². The standard InChI is InChI=1S/C15H14BrN3OS/c16-9-12-14(17-15-19(12)6-8-21-15)18-5-7-20-13-4-2-1-3-11(13)10-18/h1-4,6,8H,5,7,9-10H2. The molecule has 0 aliphatic carbocycles. The first kappa shape index (κ1) is 13.2. The zero-order valence-electron chi connectivity index (χ0n) is 11.3. The Morgan fingerprint density at radius 1 is 1.33 bits per heavy atom. The van der Waals surface area contributed by atoms with Crippen LogP contribution in [0.25, 0.3) is 4.96 Å². The molecule has 3 aromatic rings. The van der Waals surface area contributed by atoms with E-state index in [1.54, 1.807) is 11.3 Å². The number of rotatable bonds is 2. The average molecular weight is 364 g/mol. The number of halogens is 1.